The maximum absolute atomic E-state index is 13.0. The molecule has 0 bridgehead atoms. The van der Waals surface area contributed by atoms with Crippen LogP contribution in [-0.2, 0) is 6.54 Å². The highest BCUT2D eigenvalue weighted by Gasteiger charge is 2.23. The average molecular weight is 416 g/mol. The molecule has 6 nitrogen and oxygen atoms in total. The Morgan fingerprint density at radius 3 is 2.42 bits per heavy atom. The lowest BCUT2D eigenvalue weighted by molar-refractivity contribution is 0.0628. The zero-order valence-corrected chi connectivity index (χ0v) is 17.2. The summed E-state index contributed by atoms with van der Waals surface area (Å²) in [7, 11) is 0. The smallest absolute Gasteiger partial charge is 0.254 e. The molecule has 6 heteroatoms. The summed E-state index contributed by atoms with van der Waals surface area (Å²) >= 11 is 0. The summed E-state index contributed by atoms with van der Waals surface area (Å²) in [5.41, 5.74) is 1.84. The van der Waals surface area contributed by atoms with E-state index < -0.39 is 0 Å². The molecule has 0 saturated carbocycles. The molecule has 3 aromatic rings. The van der Waals surface area contributed by atoms with Gasteiger partial charge in [0.25, 0.3) is 5.91 Å². The molecule has 2 aliphatic heterocycles. The van der Waals surface area contributed by atoms with Crippen molar-refractivity contribution in [3.8, 4) is 23.0 Å². The van der Waals surface area contributed by atoms with Gasteiger partial charge in [-0.2, -0.15) is 0 Å². The van der Waals surface area contributed by atoms with Crippen molar-refractivity contribution in [1.29, 1.82) is 0 Å². The van der Waals surface area contributed by atoms with Crippen LogP contribution in [0.3, 0.4) is 0 Å². The van der Waals surface area contributed by atoms with Crippen LogP contribution in [0.25, 0.3) is 0 Å². The topological polar surface area (TPSA) is 51.2 Å². The second-order valence-electron chi connectivity index (χ2n) is 7.70. The molecule has 3 aromatic carbocycles. The van der Waals surface area contributed by atoms with E-state index in [0.29, 0.717) is 24.4 Å². The van der Waals surface area contributed by atoms with Gasteiger partial charge in [-0.1, -0.05) is 30.3 Å². The van der Waals surface area contributed by atoms with Gasteiger partial charge in [-0.15, -0.1) is 0 Å². The number of hydrogen-bond donors (Lipinski definition) is 0. The fraction of sp³-hybridized carbons (Fsp3) is 0.240. The van der Waals surface area contributed by atoms with E-state index >= 15 is 0 Å². The predicted octanol–water partition coefficient (Wildman–Crippen LogP) is 4.17. The van der Waals surface area contributed by atoms with E-state index in [1.54, 1.807) is 0 Å². The molecule has 0 aliphatic carbocycles. The highest BCUT2D eigenvalue weighted by molar-refractivity contribution is 5.94. The van der Waals surface area contributed by atoms with Crippen LogP contribution in [0, 0.1) is 0 Å². The molecule has 0 aromatic heterocycles. The van der Waals surface area contributed by atoms with Crippen molar-refractivity contribution in [3.05, 3.63) is 83.9 Å². The van der Waals surface area contributed by atoms with Crippen molar-refractivity contribution < 1.29 is 19.0 Å². The van der Waals surface area contributed by atoms with Crippen LogP contribution in [0.4, 0.5) is 0 Å². The molecule has 158 valence electrons. The van der Waals surface area contributed by atoms with Crippen molar-refractivity contribution in [3.63, 3.8) is 0 Å². The third kappa shape index (κ3) is 4.49. The summed E-state index contributed by atoms with van der Waals surface area (Å²) < 4.78 is 16.7. The summed E-state index contributed by atoms with van der Waals surface area (Å²) in [6.07, 6.45) is 0. The van der Waals surface area contributed by atoms with Crippen LogP contribution in [0.5, 0.6) is 23.0 Å². The number of carbonyl (C=O) groups excluding carboxylic acids is 1. The van der Waals surface area contributed by atoms with Crippen molar-refractivity contribution in [2.24, 2.45) is 0 Å². The van der Waals surface area contributed by atoms with Crippen molar-refractivity contribution in [2.75, 3.05) is 33.0 Å². The van der Waals surface area contributed by atoms with Gasteiger partial charge in [0.05, 0.1) is 0 Å². The number of piperazine rings is 1. The first-order chi connectivity index (χ1) is 15.2. The summed E-state index contributed by atoms with van der Waals surface area (Å²) in [5, 5.41) is 0. The third-order valence-electron chi connectivity index (χ3n) is 5.56. The lowest BCUT2D eigenvalue weighted by atomic mass is 10.1. The predicted molar refractivity (Wildman–Crippen MR) is 117 cm³/mol. The second kappa shape index (κ2) is 8.70. The Bertz CT molecular complexity index is 1060. The van der Waals surface area contributed by atoms with E-state index in [1.165, 1.54) is 5.56 Å². The van der Waals surface area contributed by atoms with Gasteiger partial charge < -0.3 is 19.1 Å². The quantitative estimate of drug-likeness (QED) is 0.625. The highest BCUT2D eigenvalue weighted by atomic mass is 16.7. The number of rotatable bonds is 5. The van der Waals surface area contributed by atoms with Gasteiger partial charge in [0, 0.05) is 38.3 Å². The lowest BCUT2D eigenvalue weighted by Crippen LogP contribution is -2.48. The van der Waals surface area contributed by atoms with Gasteiger partial charge >= 0.3 is 0 Å². The molecule has 5 rings (SSSR count). The molecule has 0 N–H and O–H groups in total. The molecular formula is C25H24N2O4. The molecular weight excluding hydrogens is 392 g/mol. The molecule has 2 aliphatic rings. The number of ether oxygens (including phenoxy) is 3. The zero-order valence-electron chi connectivity index (χ0n) is 17.2. The van der Waals surface area contributed by atoms with Crippen LogP contribution in [0.15, 0.2) is 72.8 Å². The van der Waals surface area contributed by atoms with Crippen LogP contribution < -0.4 is 14.2 Å². The normalized spacial score (nSPS) is 15.7. The number of amides is 1. The number of fused-ring (bicyclic) bond motifs is 1. The fourth-order valence-electron chi connectivity index (χ4n) is 3.91. The minimum Gasteiger partial charge on any atom is -0.457 e. The monoisotopic (exact) mass is 416 g/mol. The SMILES string of the molecule is O=C(c1cccc(Oc2ccccc2)c1)N1CCN(Cc2ccc3c(c2)OCO3)CC1. The second-order valence-corrected chi connectivity index (χ2v) is 7.70. The Morgan fingerprint density at radius 2 is 1.58 bits per heavy atom. The molecule has 2 heterocycles. The molecule has 0 atom stereocenters. The lowest BCUT2D eigenvalue weighted by Gasteiger charge is -2.34. The molecule has 1 fully saturated rings. The first-order valence-corrected chi connectivity index (χ1v) is 10.5. The van der Waals surface area contributed by atoms with Gasteiger partial charge in [0.1, 0.15) is 11.5 Å². The van der Waals surface area contributed by atoms with Crippen LogP contribution >= 0.6 is 0 Å². The van der Waals surface area contributed by atoms with Crippen LogP contribution in [0.2, 0.25) is 0 Å². The molecule has 31 heavy (non-hydrogen) atoms. The van der Waals surface area contributed by atoms with Crippen molar-refractivity contribution >= 4 is 5.91 Å². The van der Waals surface area contributed by atoms with Crippen LogP contribution in [-0.4, -0.2) is 48.7 Å². The maximum atomic E-state index is 13.0. The largest absolute Gasteiger partial charge is 0.457 e. The van der Waals surface area contributed by atoms with Crippen molar-refractivity contribution in [2.45, 2.75) is 6.54 Å². The summed E-state index contributed by atoms with van der Waals surface area (Å²) in [5.74, 6) is 3.07. The number of carbonyl (C=O) groups is 1. The van der Waals surface area contributed by atoms with Gasteiger partial charge in [0.2, 0.25) is 6.79 Å². The zero-order chi connectivity index (χ0) is 21.0. The molecule has 1 amide bonds. The molecule has 0 unspecified atom stereocenters. The van der Waals surface area contributed by atoms with E-state index in [2.05, 4.69) is 11.0 Å². The first kappa shape index (κ1) is 19.5. The first-order valence-electron chi connectivity index (χ1n) is 10.5. The maximum Gasteiger partial charge on any atom is 0.254 e. The summed E-state index contributed by atoms with van der Waals surface area (Å²) in [4.78, 5) is 17.3. The van der Waals surface area contributed by atoms with E-state index in [9.17, 15) is 4.79 Å². The Balaban J connectivity index is 1.18. The number of benzene rings is 3. The molecule has 0 spiro atoms. The third-order valence-corrected chi connectivity index (χ3v) is 5.56. The number of nitrogens with zero attached hydrogens (tertiary/aromatic N) is 2. The summed E-state index contributed by atoms with van der Waals surface area (Å²) in [6, 6.07) is 23.0. The minimum absolute atomic E-state index is 0.0428. The van der Waals surface area contributed by atoms with Gasteiger partial charge in [-0.3, -0.25) is 9.69 Å². The Kier molecular flexibility index (Phi) is 5.46. The average Bonchev–Trinajstić information content (AvgIpc) is 3.28. The number of hydrogen-bond acceptors (Lipinski definition) is 5. The summed E-state index contributed by atoms with van der Waals surface area (Å²) in [6.45, 7) is 4.19. The Hall–Kier alpha value is -3.51. The van der Waals surface area contributed by atoms with Crippen molar-refractivity contribution in [1.82, 2.24) is 9.80 Å². The standard InChI is InChI=1S/C25H24N2O4/c28-25(20-5-4-8-22(16-20)31-21-6-2-1-3-7-21)27-13-11-26(12-14-27)17-19-9-10-23-24(15-19)30-18-29-23/h1-10,15-16H,11-14,17-18H2. The Morgan fingerprint density at radius 1 is 0.806 bits per heavy atom. The highest BCUT2D eigenvalue weighted by Crippen LogP contribution is 2.33. The molecule has 1 saturated heterocycles. The van der Waals surface area contributed by atoms with E-state index in [4.69, 9.17) is 14.2 Å². The minimum atomic E-state index is 0.0428. The van der Waals surface area contributed by atoms with Gasteiger partial charge in [-0.05, 0) is 48.0 Å². The van der Waals surface area contributed by atoms with Crippen LogP contribution in [0.1, 0.15) is 15.9 Å². The Labute approximate surface area is 181 Å². The van der Waals surface area contributed by atoms with Gasteiger partial charge in [-0.25, -0.2) is 0 Å². The van der Waals surface area contributed by atoms with E-state index in [-0.39, 0.29) is 12.7 Å². The van der Waals surface area contributed by atoms with Gasteiger partial charge in [0.15, 0.2) is 11.5 Å². The molecule has 0 radical (unpaired) electrons. The van der Waals surface area contributed by atoms with E-state index in [0.717, 1.165) is 36.9 Å². The van der Waals surface area contributed by atoms with E-state index in [1.807, 2.05) is 71.6 Å². The fourth-order valence-corrected chi connectivity index (χ4v) is 3.91. The number of para-hydroxylation sites is 1.